The smallest absolute Gasteiger partial charge is 0.398 e. The highest BCUT2D eigenvalue weighted by Gasteiger charge is 2.34. The van der Waals surface area contributed by atoms with Crippen LogP contribution >= 0.6 is 11.8 Å². The van der Waals surface area contributed by atoms with E-state index in [1.807, 2.05) is 6.26 Å². The lowest BCUT2D eigenvalue weighted by Gasteiger charge is -2.13. The second kappa shape index (κ2) is 6.70. The lowest BCUT2D eigenvalue weighted by Crippen LogP contribution is -2.26. The summed E-state index contributed by atoms with van der Waals surface area (Å²) in [5.41, 5.74) is 3.76. The molecular weight excluding hydrogens is 277 g/mol. The lowest BCUT2D eigenvalue weighted by atomic mass is 10.1. The van der Waals surface area contributed by atoms with Crippen molar-refractivity contribution < 1.29 is 18.0 Å². The number of alkyl halides is 3. The first-order valence-corrected chi connectivity index (χ1v) is 7.00. The van der Waals surface area contributed by atoms with Gasteiger partial charge in [0.1, 0.15) is 0 Å². The molecule has 0 atom stereocenters. The van der Waals surface area contributed by atoms with Gasteiger partial charge in [0.25, 0.3) is 5.91 Å². The number of rotatable bonds is 5. The molecule has 0 unspecified atom stereocenters. The SMILES string of the molecule is CSCCCNC(=O)c1cccc(C(F)(F)F)c1N. The van der Waals surface area contributed by atoms with Gasteiger partial charge in [-0.05, 0) is 30.6 Å². The van der Waals surface area contributed by atoms with E-state index in [-0.39, 0.29) is 5.56 Å². The van der Waals surface area contributed by atoms with Crippen molar-refractivity contribution in [2.75, 3.05) is 24.3 Å². The Hall–Kier alpha value is -1.37. The minimum absolute atomic E-state index is 0.140. The number of amides is 1. The van der Waals surface area contributed by atoms with Gasteiger partial charge in [0.05, 0.1) is 16.8 Å². The molecule has 1 aromatic rings. The summed E-state index contributed by atoms with van der Waals surface area (Å²) in [5, 5.41) is 2.55. The molecule has 0 saturated carbocycles. The Labute approximate surface area is 113 Å². The first-order valence-electron chi connectivity index (χ1n) is 5.60. The number of carbonyl (C=O) groups is 1. The third kappa shape index (κ3) is 4.34. The van der Waals surface area contributed by atoms with Crippen LogP contribution in [0.3, 0.4) is 0 Å². The molecule has 0 radical (unpaired) electrons. The molecule has 0 aliphatic carbocycles. The van der Waals surface area contributed by atoms with Gasteiger partial charge in [-0.2, -0.15) is 24.9 Å². The van der Waals surface area contributed by atoms with Crippen molar-refractivity contribution in [3.05, 3.63) is 29.3 Å². The standard InChI is InChI=1S/C12H15F3N2OS/c1-19-7-3-6-17-11(18)8-4-2-5-9(10(8)16)12(13,14)15/h2,4-5H,3,6-7,16H2,1H3,(H,17,18). The van der Waals surface area contributed by atoms with E-state index in [0.29, 0.717) is 6.54 Å². The molecule has 0 bridgehead atoms. The van der Waals surface area contributed by atoms with E-state index >= 15 is 0 Å². The molecule has 0 spiro atoms. The van der Waals surface area contributed by atoms with E-state index in [0.717, 1.165) is 18.2 Å². The van der Waals surface area contributed by atoms with Crippen LogP contribution < -0.4 is 11.1 Å². The maximum Gasteiger partial charge on any atom is 0.418 e. The van der Waals surface area contributed by atoms with Crippen LogP contribution in [-0.2, 0) is 6.18 Å². The van der Waals surface area contributed by atoms with Gasteiger partial charge in [-0.15, -0.1) is 0 Å². The maximum atomic E-state index is 12.6. The molecule has 0 fully saturated rings. The second-order valence-electron chi connectivity index (χ2n) is 3.87. The number of halogens is 3. The fraction of sp³-hybridized carbons (Fsp3) is 0.417. The van der Waals surface area contributed by atoms with E-state index in [4.69, 9.17) is 5.73 Å². The molecule has 0 heterocycles. The molecule has 3 N–H and O–H groups in total. The normalized spacial score (nSPS) is 11.4. The Morgan fingerprint density at radius 3 is 2.68 bits per heavy atom. The molecule has 1 aromatic carbocycles. The van der Waals surface area contributed by atoms with Crippen molar-refractivity contribution in [1.82, 2.24) is 5.32 Å². The first-order chi connectivity index (χ1) is 8.88. The molecule has 3 nitrogen and oxygen atoms in total. The Bertz CT molecular complexity index is 449. The van der Waals surface area contributed by atoms with Crippen molar-refractivity contribution in [2.24, 2.45) is 0 Å². The van der Waals surface area contributed by atoms with Gasteiger partial charge in [-0.3, -0.25) is 4.79 Å². The number of hydrogen-bond donors (Lipinski definition) is 2. The summed E-state index contributed by atoms with van der Waals surface area (Å²) >= 11 is 1.63. The second-order valence-corrected chi connectivity index (χ2v) is 4.85. The zero-order valence-electron chi connectivity index (χ0n) is 10.4. The summed E-state index contributed by atoms with van der Waals surface area (Å²) in [6, 6.07) is 3.32. The Morgan fingerprint density at radius 2 is 2.11 bits per heavy atom. The minimum atomic E-state index is -4.56. The fourth-order valence-electron chi connectivity index (χ4n) is 1.52. The van der Waals surface area contributed by atoms with E-state index in [1.54, 1.807) is 11.8 Å². The monoisotopic (exact) mass is 292 g/mol. The number of para-hydroxylation sites is 1. The molecule has 0 aliphatic heterocycles. The first kappa shape index (κ1) is 15.7. The quantitative estimate of drug-likeness (QED) is 0.648. The van der Waals surface area contributed by atoms with E-state index in [1.165, 1.54) is 12.1 Å². The van der Waals surface area contributed by atoms with Gasteiger partial charge in [0, 0.05) is 6.54 Å². The van der Waals surface area contributed by atoms with Gasteiger partial charge in [-0.1, -0.05) is 6.07 Å². The van der Waals surface area contributed by atoms with Crippen molar-refractivity contribution >= 4 is 23.4 Å². The molecule has 106 valence electrons. The van der Waals surface area contributed by atoms with Crippen LogP contribution in [-0.4, -0.2) is 24.5 Å². The fourth-order valence-corrected chi connectivity index (χ4v) is 1.96. The Balaban J connectivity index is 2.81. The molecule has 0 saturated heterocycles. The van der Waals surface area contributed by atoms with Crippen LogP contribution in [0, 0.1) is 0 Å². The van der Waals surface area contributed by atoms with Gasteiger partial charge in [-0.25, -0.2) is 0 Å². The molecule has 0 aromatic heterocycles. The highest BCUT2D eigenvalue weighted by molar-refractivity contribution is 7.98. The topological polar surface area (TPSA) is 55.1 Å². The third-order valence-corrected chi connectivity index (χ3v) is 3.16. The molecule has 7 heteroatoms. The van der Waals surface area contributed by atoms with E-state index in [2.05, 4.69) is 5.32 Å². The Morgan fingerprint density at radius 1 is 1.42 bits per heavy atom. The zero-order chi connectivity index (χ0) is 14.5. The van der Waals surface area contributed by atoms with Gasteiger partial charge >= 0.3 is 6.18 Å². The lowest BCUT2D eigenvalue weighted by molar-refractivity contribution is -0.136. The summed E-state index contributed by atoms with van der Waals surface area (Å²) in [6.45, 7) is 0.412. The van der Waals surface area contributed by atoms with Crippen LogP contribution in [0.1, 0.15) is 22.3 Å². The average molecular weight is 292 g/mol. The van der Waals surface area contributed by atoms with Crippen LogP contribution in [0.4, 0.5) is 18.9 Å². The van der Waals surface area contributed by atoms with Crippen molar-refractivity contribution in [3.63, 3.8) is 0 Å². The average Bonchev–Trinajstić information content (AvgIpc) is 2.33. The zero-order valence-corrected chi connectivity index (χ0v) is 11.2. The summed E-state index contributed by atoms with van der Waals surface area (Å²) in [5.74, 6) is 0.294. The highest BCUT2D eigenvalue weighted by atomic mass is 32.2. The highest BCUT2D eigenvalue weighted by Crippen LogP contribution is 2.34. The van der Waals surface area contributed by atoms with Crippen molar-refractivity contribution in [3.8, 4) is 0 Å². The summed E-state index contributed by atoms with van der Waals surface area (Å²) in [6.07, 6.45) is -1.86. The molecule has 0 aliphatic rings. The number of anilines is 1. The summed E-state index contributed by atoms with van der Waals surface area (Å²) in [7, 11) is 0. The number of nitrogen functional groups attached to an aromatic ring is 1. The van der Waals surface area contributed by atoms with Crippen LogP contribution in [0.5, 0.6) is 0 Å². The van der Waals surface area contributed by atoms with Gasteiger partial charge in [0.15, 0.2) is 0 Å². The molecule has 1 amide bonds. The Kier molecular flexibility index (Phi) is 5.53. The van der Waals surface area contributed by atoms with Crippen molar-refractivity contribution in [1.29, 1.82) is 0 Å². The summed E-state index contributed by atoms with van der Waals surface area (Å²) in [4.78, 5) is 11.7. The number of benzene rings is 1. The minimum Gasteiger partial charge on any atom is -0.398 e. The third-order valence-electron chi connectivity index (χ3n) is 2.47. The number of carbonyl (C=O) groups excluding carboxylic acids is 1. The summed E-state index contributed by atoms with van der Waals surface area (Å²) < 4.78 is 37.9. The van der Waals surface area contributed by atoms with Gasteiger partial charge < -0.3 is 11.1 Å². The van der Waals surface area contributed by atoms with Crippen molar-refractivity contribution in [2.45, 2.75) is 12.6 Å². The number of thioether (sulfide) groups is 1. The number of nitrogens with one attached hydrogen (secondary N) is 1. The molecule has 19 heavy (non-hydrogen) atoms. The molecular formula is C12H15F3N2OS. The van der Waals surface area contributed by atoms with Gasteiger partial charge in [0.2, 0.25) is 0 Å². The van der Waals surface area contributed by atoms with Crippen LogP contribution in [0.15, 0.2) is 18.2 Å². The number of nitrogens with two attached hydrogens (primary N) is 1. The van der Waals surface area contributed by atoms with E-state index < -0.39 is 23.3 Å². The largest absolute Gasteiger partial charge is 0.418 e. The predicted molar refractivity (Wildman–Crippen MR) is 71.2 cm³/mol. The van der Waals surface area contributed by atoms with E-state index in [9.17, 15) is 18.0 Å². The maximum absolute atomic E-state index is 12.6. The predicted octanol–water partition coefficient (Wildman–Crippen LogP) is 2.77. The number of hydrogen-bond acceptors (Lipinski definition) is 3. The van der Waals surface area contributed by atoms with Crippen LogP contribution in [0.2, 0.25) is 0 Å². The van der Waals surface area contributed by atoms with Crippen LogP contribution in [0.25, 0.3) is 0 Å². The molecule has 1 rings (SSSR count).